The molecule has 4 nitrogen and oxygen atoms in total. The van der Waals surface area contributed by atoms with Crippen molar-refractivity contribution >= 4 is 17.5 Å². The van der Waals surface area contributed by atoms with Crippen LogP contribution in [-0.4, -0.2) is 30.2 Å². The molecule has 1 unspecified atom stereocenters. The number of carbonyl (C=O) groups is 1. The number of pyridine rings is 1. The van der Waals surface area contributed by atoms with Crippen molar-refractivity contribution in [1.82, 2.24) is 10.3 Å². The fourth-order valence-corrected chi connectivity index (χ4v) is 2.36. The molecule has 0 aliphatic heterocycles. The summed E-state index contributed by atoms with van der Waals surface area (Å²) in [6, 6.07) is 8.92. The predicted molar refractivity (Wildman–Crippen MR) is 87.6 cm³/mol. The minimum Gasteiger partial charge on any atom is -0.490 e. The second-order valence-electron chi connectivity index (χ2n) is 5.25. The van der Waals surface area contributed by atoms with Crippen LogP contribution < -0.4 is 10.1 Å². The van der Waals surface area contributed by atoms with Gasteiger partial charge in [0.25, 0.3) is 0 Å². The third kappa shape index (κ3) is 6.26. The number of hydrogen-bond donors (Lipinski definition) is 1. The molecule has 0 saturated carbocycles. The lowest BCUT2D eigenvalue weighted by Crippen LogP contribution is -2.32. The van der Waals surface area contributed by atoms with Gasteiger partial charge < -0.3 is 10.1 Å². The van der Waals surface area contributed by atoms with Crippen LogP contribution in [0.1, 0.15) is 17.9 Å². The largest absolute Gasteiger partial charge is 0.490 e. The van der Waals surface area contributed by atoms with E-state index in [1.807, 2.05) is 0 Å². The molecule has 1 N–H and O–H groups in total. The van der Waals surface area contributed by atoms with E-state index in [-0.39, 0.29) is 18.7 Å². The van der Waals surface area contributed by atoms with E-state index in [0.29, 0.717) is 10.8 Å². The number of aromatic nitrogens is 1. The fourth-order valence-electron chi connectivity index (χ4n) is 2.20. The molecule has 2 aromatic rings. The average Bonchev–Trinajstić information content (AvgIpc) is 2.56. The summed E-state index contributed by atoms with van der Waals surface area (Å²) in [4.78, 5) is 15.7. The van der Waals surface area contributed by atoms with Crippen molar-refractivity contribution in [1.29, 1.82) is 0 Å². The molecule has 0 fully saturated rings. The number of amides is 1. The Kier molecular flexibility index (Phi) is 6.64. The van der Waals surface area contributed by atoms with E-state index in [1.54, 1.807) is 12.1 Å². The highest BCUT2D eigenvalue weighted by Crippen LogP contribution is 2.37. The van der Waals surface area contributed by atoms with Crippen LogP contribution in [0.3, 0.4) is 0 Å². The Labute approximate surface area is 148 Å². The maximum absolute atomic E-state index is 13.2. The lowest BCUT2D eigenvalue weighted by molar-refractivity contribution is -0.157. The minimum absolute atomic E-state index is 0.0615. The van der Waals surface area contributed by atoms with Crippen molar-refractivity contribution in [3.05, 3.63) is 59.4 Å². The van der Waals surface area contributed by atoms with E-state index in [0.717, 1.165) is 0 Å². The van der Waals surface area contributed by atoms with Gasteiger partial charge in [0.2, 0.25) is 5.91 Å². The van der Waals surface area contributed by atoms with Gasteiger partial charge in [0.1, 0.15) is 12.4 Å². The zero-order chi connectivity index (χ0) is 18.3. The molecule has 134 valence electrons. The number of benzene rings is 1. The van der Waals surface area contributed by atoms with Gasteiger partial charge in [0.15, 0.2) is 0 Å². The lowest BCUT2D eigenvalue weighted by Gasteiger charge is -2.20. The number of ether oxygens (including phenoxy) is 1. The van der Waals surface area contributed by atoms with Crippen LogP contribution in [0.5, 0.6) is 5.75 Å². The SMILES string of the molecule is O=C(CC(c1ccccc1)C(F)(F)F)NCCOc1cncc(Cl)c1. The number of carbonyl (C=O) groups excluding carboxylic acids is 1. The van der Waals surface area contributed by atoms with Gasteiger partial charge >= 0.3 is 6.18 Å². The zero-order valence-corrected chi connectivity index (χ0v) is 13.8. The molecule has 25 heavy (non-hydrogen) atoms. The summed E-state index contributed by atoms with van der Waals surface area (Å²) in [6.07, 6.45) is -2.28. The molecule has 0 aliphatic carbocycles. The lowest BCUT2D eigenvalue weighted by atomic mass is 9.95. The summed E-state index contributed by atoms with van der Waals surface area (Å²) < 4.78 is 44.9. The van der Waals surface area contributed by atoms with Crippen molar-refractivity contribution in [2.24, 2.45) is 0 Å². The Morgan fingerprint density at radius 3 is 2.60 bits per heavy atom. The van der Waals surface area contributed by atoms with Crippen molar-refractivity contribution in [3.63, 3.8) is 0 Å². The van der Waals surface area contributed by atoms with Crippen molar-refractivity contribution in [3.8, 4) is 5.75 Å². The van der Waals surface area contributed by atoms with E-state index in [9.17, 15) is 18.0 Å². The van der Waals surface area contributed by atoms with Gasteiger partial charge in [-0.3, -0.25) is 9.78 Å². The Hall–Kier alpha value is -2.28. The molecule has 1 amide bonds. The van der Waals surface area contributed by atoms with E-state index in [1.165, 1.54) is 36.7 Å². The number of nitrogens with zero attached hydrogens (tertiary/aromatic N) is 1. The molecule has 0 saturated heterocycles. The smallest absolute Gasteiger partial charge is 0.396 e. The predicted octanol–water partition coefficient (Wildman–Crippen LogP) is 3.97. The van der Waals surface area contributed by atoms with Crippen molar-refractivity contribution < 1.29 is 22.7 Å². The Balaban J connectivity index is 1.83. The first-order valence-corrected chi connectivity index (χ1v) is 7.86. The van der Waals surface area contributed by atoms with Crippen LogP contribution in [0.25, 0.3) is 0 Å². The summed E-state index contributed by atoms with van der Waals surface area (Å²) in [5, 5.41) is 2.82. The van der Waals surface area contributed by atoms with Gasteiger partial charge in [0, 0.05) is 18.7 Å². The minimum atomic E-state index is -4.50. The van der Waals surface area contributed by atoms with E-state index >= 15 is 0 Å². The summed E-state index contributed by atoms with van der Waals surface area (Å²) in [5.41, 5.74) is 0.0615. The monoisotopic (exact) mass is 372 g/mol. The molecule has 0 aliphatic rings. The number of hydrogen-bond acceptors (Lipinski definition) is 3. The second-order valence-corrected chi connectivity index (χ2v) is 5.68. The number of nitrogens with one attached hydrogen (secondary N) is 1. The van der Waals surface area contributed by atoms with Gasteiger partial charge in [-0.2, -0.15) is 13.2 Å². The Bertz CT molecular complexity index is 696. The highest BCUT2D eigenvalue weighted by Gasteiger charge is 2.41. The number of rotatable bonds is 7. The first kappa shape index (κ1) is 19.1. The molecule has 2 rings (SSSR count). The quantitative estimate of drug-likeness (QED) is 0.748. The molecule has 1 heterocycles. The highest BCUT2D eigenvalue weighted by molar-refractivity contribution is 6.30. The molecular weight excluding hydrogens is 357 g/mol. The van der Waals surface area contributed by atoms with Gasteiger partial charge in [-0.25, -0.2) is 0 Å². The standard InChI is InChI=1S/C17H16ClF3N2O2/c18-13-8-14(11-22-10-13)25-7-6-23-16(24)9-15(17(19,20)21)12-4-2-1-3-5-12/h1-5,8,10-11,15H,6-7,9H2,(H,23,24). The molecule has 0 bridgehead atoms. The van der Waals surface area contributed by atoms with E-state index in [4.69, 9.17) is 16.3 Å². The number of alkyl halides is 3. The van der Waals surface area contributed by atoms with Crippen molar-refractivity contribution in [2.45, 2.75) is 18.5 Å². The van der Waals surface area contributed by atoms with Gasteiger partial charge in [-0.1, -0.05) is 41.9 Å². The topological polar surface area (TPSA) is 51.2 Å². The molecule has 1 aromatic carbocycles. The Morgan fingerprint density at radius 1 is 1.24 bits per heavy atom. The van der Waals surface area contributed by atoms with Crippen LogP contribution >= 0.6 is 11.6 Å². The first-order valence-electron chi connectivity index (χ1n) is 7.48. The molecule has 8 heteroatoms. The van der Waals surface area contributed by atoms with Gasteiger partial charge in [-0.15, -0.1) is 0 Å². The second kappa shape index (κ2) is 8.71. The summed E-state index contributed by atoms with van der Waals surface area (Å²) in [7, 11) is 0. The summed E-state index contributed by atoms with van der Waals surface area (Å²) in [6.45, 7) is 0.167. The normalized spacial score (nSPS) is 12.5. The molecule has 0 radical (unpaired) electrons. The summed E-state index contributed by atoms with van der Waals surface area (Å²) in [5.74, 6) is -2.12. The maximum atomic E-state index is 13.2. The van der Waals surface area contributed by atoms with E-state index < -0.39 is 24.4 Å². The van der Waals surface area contributed by atoms with Crippen LogP contribution in [-0.2, 0) is 4.79 Å². The summed E-state index contributed by atoms with van der Waals surface area (Å²) >= 11 is 5.75. The van der Waals surface area contributed by atoms with Crippen LogP contribution in [0.15, 0.2) is 48.8 Å². The van der Waals surface area contributed by atoms with Crippen LogP contribution in [0, 0.1) is 0 Å². The average molecular weight is 373 g/mol. The van der Waals surface area contributed by atoms with E-state index in [2.05, 4.69) is 10.3 Å². The van der Waals surface area contributed by atoms with Gasteiger partial charge in [-0.05, 0) is 5.56 Å². The third-order valence-electron chi connectivity index (χ3n) is 3.36. The third-order valence-corrected chi connectivity index (χ3v) is 3.57. The fraction of sp³-hybridized carbons (Fsp3) is 0.294. The Morgan fingerprint density at radius 2 is 1.96 bits per heavy atom. The first-order chi connectivity index (χ1) is 11.9. The van der Waals surface area contributed by atoms with Crippen LogP contribution in [0.2, 0.25) is 5.02 Å². The molecular formula is C17H16ClF3N2O2. The number of halogens is 4. The molecule has 1 aromatic heterocycles. The van der Waals surface area contributed by atoms with Crippen molar-refractivity contribution in [2.75, 3.05) is 13.2 Å². The molecule has 1 atom stereocenters. The maximum Gasteiger partial charge on any atom is 0.396 e. The zero-order valence-electron chi connectivity index (χ0n) is 13.1. The van der Waals surface area contributed by atoms with Crippen LogP contribution in [0.4, 0.5) is 13.2 Å². The van der Waals surface area contributed by atoms with Gasteiger partial charge in [0.05, 0.1) is 23.7 Å². The molecule has 0 spiro atoms. The highest BCUT2D eigenvalue weighted by atomic mass is 35.5.